The largest absolute Gasteiger partial charge is 0.384 e. The van der Waals surface area contributed by atoms with E-state index in [1.54, 1.807) is 19.1 Å². The van der Waals surface area contributed by atoms with Gasteiger partial charge >= 0.3 is 0 Å². The molecular formula is C16H17NO3. The maximum Gasteiger partial charge on any atom is 0.272 e. The average Bonchev–Trinajstić information content (AvgIpc) is 2.37. The highest BCUT2D eigenvalue weighted by Gasteiger charge is 2.17. The van der Waals surface area contributed by atoms with Crippen LogP contribution in [0, 0.1) is 30.9 Å². The summed E-state index contributed by atoms with van der Waals surface area (Å²) >= 11 is 0. The van der Waals surface area contributed by atoms with Gasteiger partial charge in [0.2, 0.25) is 0 Å². The second-order valence-corrected chi connectivity index (χ2v) is 5.07. The molecule has 0 unspecified atom stereocenters. The van der Waals surface area contributed by atoms with Crippen LogP contribution in [-0.2, 0) is 0 Å². The lowest BCUT2D eigenvalue weighted by Crippen LogP contribution is -2.03. The predicted octanol–water partition coefficient (Wildman–Crippen LogP) is 3.60. The monoisotopic (exact) mass is 271 g/mol. The fourth-order valence-electron chi connectivity index (χ4n) is 2.37. The average molecular weight is 271 g/mol. The van der Waals surface area contributed by atoms with Crippen molar-refractivity contribution in [3.05, 3.63) is 74.3 Å². The van der Waals surface area contributed by atoms with Crippen molar-refractivity contribution < 1.29 is 10.0 Å². The molecule has 0 saturated heterocycles. The van der Waals surface area contributed by atoms with Gasteiger partial charge in [-0.25, -0.2) is 0 Å². The Hall–Kier alpha value is -2.20. The zero-order valence-electron chi connectivity index (χ0n) is 11.8. The van der Waals surface area contributed by atoms with Crippen molar-refractivity contribution in [2.24, 2.45) is 0 Å². The Bertz CT molecular complexity index is 665. The Kier molecular flexibility index (Phi) is 3.86. The van der Waals surface area contributed by atoms with Crippen molar-refractivity contribution in [2.75, 3.05) is 0 Å². The van der Waals surface area contributed by atoms with Gasteiger partial charge in [0.25, 0.3) is 5.69 Å². The molecule has 0 fully saturated rings. The van der Waals surface area contributed by atoms with Gasteiger partial charge in [-0.15, -0.1) is 0 Å². The summed E-state index contributed by atoms with van der Waals surface area (Å²) in [6.07, 6.45) is -0.768. The third kappa shape index (κ3) is 2.70. The number of aryl methyl sites for hydroxylation is 3. The summed E-state index contributed by atoms with van der Waals surface area (Å²) in [5.74, 6) is 0. The molecule has 0 aromatic heterocycles. The number of aliphatic hydroxyl groups excluding tert-OH is 1. The van der Waals surface area contributed by atoms with Crippen molar-refractivity contribution in [1.29, 1.82) is 0 Å². The topological polar surface area (TPSA) is 63.4 Å². The Labute approximate surface area is 117 Å². The highest BCUT2D eigenvalue weighted by Crippen LogP contribution is 2.28. The van der Waals surface area contributed by atoms with Crippen LogP contribution in [0.25, 0.3) is 0 Å². The summed E-state index contributed by atoms with van der Waals surface area (Å²) in [6, 6.07) is 10.6. The van der Waals surface area contributed by atoms with E-state index in [-0.39, 0.29) is 5.69 Å². The maximum atomic E-state index is 10.8. The summed E-state index contributed by atoms with van der Waals surface area (Å²) in [5, 5.41) is 21.3. The summed E-state index contributed by atoms with van der Waals surface area (Å²) in [5.41, 5.74) is 4.26. The fourth-order valence-corrected chi connectivity index (χ4v) is 2.37. The molecule has 2 aromatic carbocycles. The molecule has 2 aromatic rings. The lowest BCUT2D eigenvalue weighted by Gasteiger charge is -2.15. The van der Waals surface area contributed by atoms with E-state index in [0.29, 0.717) is 11.1 Å². The molecule has 20 heavy (non-hydrogen) atoms. The van der Waals surface area contributed by atoms with Crippen molar-refractivity contribution in [3.8, 4) is 0 Å². The molecule has 0 heterocycles. The van der Waals surface area contributed by atoms with Crippen LogP contribution < -0.4 is 0 Å². The predicted molar refractivity (Wildman–Crippen MR) is 77.8 cm³/mol. The zero-order valence-corrected chi connectivity index (χ0v) is 11.8. The van der Waals surface area contributed by atoms with Crippen LogP contribution >= 0.6 is 0 Å². The molecule has 0 bridgehead atoms. The second kappa shape index (κ2) is 5.43. The first-order valence-electron chi connectivity index (χ1n) is 6.40. The van der Waals surface area contributed by atoms with Gasteiger partial charge < -0.3 is 5.11 Å². The quantitative estimate of drug-likeness (QED) is 0.685. The lowest BCUT2D eigenvalue weighted by molar-refractivity contribution is -0.385. The molecule has 2 rings (SSSR count). The molecule has 0 aliphatic carbocycles. The van der Waals surface area contributed by atoms with Crippen LogP contribution in [0.5, 0.6) is 0 Å². The van der Waals surface area contributed by atoms with Crippen molar-refractivity contribution >= 4 is 5.69 Å². The van der Waals surface area contributed by atoms with Crippen LogP contribution in [-0.4, -0.2) is 10.0 Å². The number of rotatable bonds is 3. The second-order valence-electron chi connectivity index (χ2n) is 5.07. The highest BCUT2D eigenvalue weighted by molar-refractivity contribution is 5.45. The normalized spacial score (nSPS) is 12.2. The van der Waals surface area contributed by atoms with Crippen molar-refractivity contribution in [1.82, 2.24) is 0 Å². The fraction of sp³-hybridized carbons (Fsp3) is 0.250. The van der Waals surface area contributed by atoms with Crippen LogP contribution in [0.15, 0.2) is 36.4 Å². The summed E-state index contributed by atoms with van der Waals surface area (Å²) < 4.78 is 0. The smallest absolute Gasteiger partial charge is 0.272 e. The Morgan fingerprint density at radius 2 is 1.75 bits per heavy atom. The molecule has 0 aliphatic heterocycles. The van der Waals surface area contributed by atoms with Gasteiger partial charge in [0.15, 0.2) is 0 Å². The van der Waals surface area contributed by atoms with Crippen molar-refractivity contribution in [2.45, 2.75) is 26.9 Å². The van der Waals surface area contributed by atoms with E-state index < -0.39 is 11.0 Å². The van der Waals surface area contributed by atoms with Gasteiger partial charge in [0.1, 0.15) is 6.10 Å². The molecule has 1 N–H and O–H groups in total. The number of benzene rings is 2. The zero-order chi connectivity index (χ0) is 14.9. The third-order valence-electron chi connectivity index (χ3n) is 3.45. The Balaban J connectivity index is 2.40. The molecule has 0 spiro atoms. The molecule has 0 amide bonds. The van der Waals surface area contributed by atoms with Gasteiger partial charge in [-0.1, -0.05) is 23.8 Å². The number of nitro groups is 1. The Morgan fingerprint density at radius 1 is 1.05 bits per heavy atom. The van der Waals surface area contributed by atoms with Crippen LogP contribution in [0.1, 0.15) is 33.9 Å². The van der Waals surface area contributed by atoms with Gasteiger partial charge in [0, 0.05) is 11.6 Å². The SMILES string of the molecule is Cc1ccc([C@@H](O)c2ccc([N+](=O)[O-])c(C)c2)c(C)c1. The lowest BCUT2D eigenvalue weighted by atomic mass is 9.95. The highest BCUT2D eigenvalue weighted by atomic mass is 16.6. The van der Waals surface area contributed by atoms with E-state index in [1.165, 1.54) is 6.07 Å². The van der Waals surface area contributed by atoms with E-state index in [2.05, 4.69) is 0 Å². The first-order chi connectivity index (χ1) is 9.40. The summed E-state index contributed by atoms with van der Waals surface area (Å²) in [4.78, 5) is 10.4. The Morgan fingerprint density at radius 3 is 2.30 bits per heavy atom. The van der Waals surface area contributed by atoms with Gasteiger partial charge in [-0.3, -0.25) is 10.1 Å². The van der Waals surface area contributed by atoms with Crippen molar-refractivity contribution in [3.63, 3.8) is 0 Å². The van der Waals surface area contributed by atoms with Gasteiger partial charge in [-0.05, 0) is 49.6 Å². The number of aliphatic hydroxyl groups is 1. The van der Waals surface area contributed by atoms with Crippen LogP contribution in [0.3, 0.4) is 0 Å². The van der Waals surface area contributed by atoms with E-state index in [9.17, 15) is 15.2 Å². The third-order valence-corrected chi connectivity index (χ3v) is 3.45. The van der Waals surface area contributed by atoms with E-state index in [1.807, 2.05) is 32.0 Å². The molecule has 4 heteroatoms. The first-order valence-corrected chi connectivity index (χ1v) is 6.40. The van der Waals surface area contributed by atoms with E-state index in [4.69, 9.17) is 0 Å². The minimum atomic E-state index is -0.768. The summed E-state index contributed by atoms with van der Waals surface area (Å²) in [6.45, 7) is 5.62. The number of hydrogen-bond acceptors (Lipinski definition) is 3. The molecule has 4 nitrogen and oxygen atoms in total. The first kappa shape index (κ1) is 14.2. The maximum absolute atomic E-state index is 10.8. The molecule has 0 radical (unpaired) electrons. The minimum absolute atomic E-state index is 0.0709. The van der Waals surface area contributed by atoms with E-state index in [0.717, 1.165) is 16.7 Å². The number of nitro benzene ring substituents is 1. The summed E-state index contributed by atoms with van der Waals surface area (Å²) in [7, 11) is 0. The van der Waals surface area contributed by atoms with Gasteiger partial charge in [-0.2, -0.15) is 0 Å². The molecular weight excluding hydrogens is 254 g/mol. The molecule has 0 saturated carbocycles. The van der Waals surface area contributed by atoms with Crippen LogP contribution in [0.2, 0.25) is 0 Å². The molecule has 0 aliphatic rings. The van der Waals surface area contributed by atoms with E-state index >= 15 is 0 Å². The number of hydrogen-bond donors (Lipinski definition) is 1. The number of nitrogens with zero attached hydrogens (tertiary/aromatic N) is 1. The minimum Gasteiger partial charge on any atom is -0.384 e. The molecule has 1 atom stereocenters. The molecule has 104 valence electrons. The standard InChI is InChI=1S/C16H17NO3/c1-10-4-6-14(11(2)8-10)16(18)13-5-7-15(17(19)20)12(3)9-13/h4-9,16,18H,1-3H3/t16-/m0/s1. The van der Waals surface area contributed by atoms with Crippen LogP contribution in [0.4, 0.5) is 5.69 Å². The van der Waals surface area contributed by atoms with Gasteiger partial charge in [0.05, 0.1) is 4.92 Å².